The Morgan fingerprint density at radius 3 is 2.73 bits per heavy atom. The Labute approximate surface area is 91.7 Å². The molecule has 1 fully saturated rings. The molecule has 1 saturated heterocycles. The fourth-order valence-electron chi connectivity index (χ4n) is 2.28. The van der Waals surface area contributed by atoms with Crippen LogP contribution in [0.5, 0.6) is 0 Å². The lowest BCUT2D eigenvalue weighted by molar-refractivity contribution is 0.404. The third kappa shape index (κ3) is 2.23. The number of nitrogens with zero attached hydrogens (tertiary/aromatic N) is 1. The average Bonchev–Trinajstić information content (AvgIpc) is 2.67. The molecule has 1 atom stereocenters. The van der Waals surface area contributed by atoms with Crippen molar-refractivity contribution in [3.8, 4) is 0 Å². The van der Waals surface area contributed by atoms with Crippen molar-refractivity contribution in [2.24, 2.45) is 0 Å². The summed E-state index contributed by atoms with van der Waals surface area (Å²) in [5.74, 6) is 0. The summed E-state index contributed by atoms with van der Waals surface area (Å²) in [6, 6.07) is 0.506. The zero-order chi connectivity index (χ0) is 10.9. The maximum Gasteiger partial charge on any atom is 0.0538 e. The molecule has 1 aromatic rings. The van der Waals surface area contributed by atoms with Crippen LogP contribution in [0.25, 0.3) is 0 Å². The Morgan fingerprint density at radius 1 is 1.33 bits per heavy atom. The molecule has 0 amide bonds. The van der Waals surface area contributed by atoms with Crippen molar-refractivity contribution in [1.29, 1.82) is 0 Å². The number of nitrogens with one attached hydrogen (secondary N) is 2. The predicted molar refractivity (Wildman–Crippen MR) is 61.9 cm³/mol. The van der Waals surface area contributed by atoms with E-state index in [9.17, 15) is 0 Å². The molecule has 1 aliphatic heterocycles. The van der Waals surface area contributed by atoms with Crippen LogP contribution in [0, 0.1) is 0 Å². The van der Waals surface area contributed by atoms with Gasteiger partial charge < -0.3 is 5.32 Å². The molecule has 84 valence electrons. The van der Waals surface area contributed by atoms with Crippen molar-refractivity contribution in [1.82, 2.24) is 15.5 Å². The summed E-state index contributed by atoms with van der Waals surface area (Å²) in [5.41, 5.74) is 2.80. The fraction of sp³-hybridized carbons (Fsp3) is 0.750. The van der Waals surface area contributed by atoms with E-state index in [1.165, 1.54) is 30.5 Å². The van der Waals surface area contributed by atoms with Crippen LogP contribution in [0.4, 0.5) is 0 Å². The van der Waals surface area contributed by atoms with Crippen LogP contribution in [-0.4, -0.2) is 16.7 Å². The molecule has 15 heavy (non-hydrogen) atoms. The maximum atomic E-state index is 4.20. The molecule has 3 nitrogen and oxygen atoms in total. The van der Waals surface area contributed by atoms with Crippen molar-refractivity contribution < 1.29 is 0 Å². The van der Waals surface area contributed by atoms with Gasteiger partial charge in [-0.15, -0.1) is 0 Å². The van der Waals surface area contributed by atoms with Gasteiger partial charge in [0.15, 0.2) is 0 Å². The lowest BCUT2D eigenvalue weighted by atomic mass is 9.86. The lowest BCUT2D eigenvalue weighted by Crippen LogP contribution is -2.28. The van der Waals surface area contributed by atoms with Crippen molar-refractivity contribution in [3.63, 3.8) is 0 Å². The fourth-order valence-corrected chi connectivity index (χ4v) is 2.28. The number of hydrogen-bond acceptors (Lipinski definition) is 2. The molecule has 1 aromatic heterocycles. The van der Waals surface area contributed by atoms with Gasteiger partial charge >= 0.3 is 0 Å². The molecular formula is C12H21N3. The van der Waals surface area contributed by atoms with Crippen molar-refractivity contribution in [2.45, 2.75) is 51.5 Å². The standard InChI is InChI=1S/C12H21N3/c1-12(2,3)11-9(8-14-15-11)10-6-4-5-7-13-10/h8,10,13H,4-7H2,1-3H3,(H,14,15). The van der Waals surface area contributed by atoms with Gasteiger partial charge in [0.25, 0.3) is 0 Å². The van der Waals surface area contributed by atoms with Crippen LogP contribution in [0.3, 0.4) is 0 Å². The number of H-pyrrole nitrogens is 1. The number of aromatic nitrogens is 2. The molecule has 0 bridgehead atoms. The third-order valence-electron chi connectivity index (χ3n) is 3.10. The summed E-state index contributed by atoms with van der Waals surface area (Å²) in [6.07, 6.45) is 5.86. The van der Waals surface area contributed by atoms with Crippen LogP contribution in [-0.2, 0) is 5.41 Å². The van der Waals surface area contributed by atoms with E-state index in [2.05, 4.69) is 36.3 Å². The minimum absolute atomic E-state index is 0.158. The minimum Gasteiger partial charge on any atom is -0.310 e. The van der Waals surface area contributed by atoms with Gasteiger partial charge in [-0.05, 0) is 19.4 Å². The highest BCUT2D eigenvalue weighted by atomic mass is 15.1. The Kier molecular flexibility index (Phi) is 2.83. The minimum atomic E-state index is 0.158. The highest BCUT2D eigenvalue weighted by Gasteiger charge is 2.25. The van der Waals surface area contributed by atoms with Crippen LogP contribution in [0.2, 0.25) is 0 Å². The quantitative estimate of drug-likeness (QED) is 0.743. The highest BCUT2D eigenvalue weighted by Crippen LogP contribution is 2.31. The van der Waals surface area contributed by atoms with E-state index in [1.54, 1.807) is 0 Å². The molecule has 2 N–H and O–H groups in total. The molecule has 1 aliphatic rings. The summed E-state index contributed by atoms with van der Waals surface area (Å²) in [7, 11) is 0. The number of piperidine rings is 1. The smallest absolute Gasteiger partial charge is 0.0538 e. The van der Waals surface area contributed by atoms with Crippen molar-refractivity contribution in [3.05, 3.63) is 17.5 Å². The third-order valence-corrected chi connectivity index (χ3v) is 3.10. The van der Waals surface area contributed by atoms with Crippen LogP contribution in [0.1, 0.15) is 57.3 Å². The van der Waals surface area contributed by atoms with Crippen LogP contribution in [0.15, 0.2) is 6.20 Å². The Bertz CT molecular complexity index is 316. The largest absolute Gasteiger partial charge is 0.310 e. The van der Waals surface area contributed by atoms with Crippen LogP contribution >= 0.6 is 0 Å². The summed E-state index contributed by atoms with van der Waals surface area (Å²) < 4.78 is 0. The van der Waals surface area contributed by atoms with E-state index in [4.69, 9.17) is 0 Å². The van der Waals surface area contributed by atoms with Gasteiger partial charge in [0.1, 0.15) is 0 Å². The summed E-state index contributed by atoms with van der Waals surface area (Å²) >= 11 is 0. The van der Waals surface area contributed by atoms with E-state index in [0.29, 0.717) is 6.04 Å². The van der Waals surface area contributed by atoms with E-state index in [-0.39, 0.29) is 5.41 Å². The second-order valence-electron chi connectivity index (χ2n) is 5.45. The predicted octanol–water partition coefficient (Wildman–Crippen LogP) is 2.52. The number of rotatable bonds is 1. The van der Waals surface area contributed by atoms with E-state index in [1.807, 2.05) is 6.20 Å². The molecule has 1 unspecified atom stereocenters. The molecular weight excluding hydrogens is 186 g/mol. The molecule has 3 heteroatoms. The second-order valence-corrected chi connectivity index (χ2v) is 5.45. The molecule has 0 aromatic carbocycles. The molecule has 2 rings (SSSR count). The number of aromatic amines is 1. The second kappa shape index (κ2) is 3.97. The van der Waals surface area contributed by atoms with Crippen molar-refractivity contribution in [2.75, 3.05) is 6.54 Å². The van der Waals surface area contributed by atoms with Gasteiger partial charge in [0.2, 0.25) is 0 Å². The van der Waals surface area contributed by atoms with E-state index >= 15 is 0 Å². The van der Waals surface area contributed by atoms with E-state index in [0.717, 1.165) is 6.54 Å². The normalized spacial score (nSPS) is 23.0. The first-order chi connectivity index (χ1) is 7.09. The number of hydrogen-bond donors (Lipinski definition) is 2. The lowest BCUT2D eigenvalue weighted by Gasteiger charge is -2.27. The first-order valence-corrected chi connectivity index (χ1v) is 5.86. The maximum absolute atomic E-state index is 4.20. The Balaban J connectivity index is 2.24. The monoisotopic (exact) mass is 207 g/mol. The van der Waals surface area contributed by atoms with Gasteiger partial charge in [-0.2, -0.15) is 5.10 Å². The van der Waals surface area contributed by atoms with Crippen molar-refractivity contribution >= 4 is 0 Å². The molecule has 2 heterocycles. The van der Waals surface area contributed by atoms with Gasteiger partial charge in [-0.3, -0.25) is 5.10 Å². The summed E-state index contributed by atoms with van der Waals surface area (Å²) in [5, 5.41) is 10.9. The zero-order valence-corrected chi connectivity index (χ0v) is 9.93. The summed E-state index contributed by atoms with van der Waals surface area (Å²) in [4.78, 5) is 0. The molecule has 0 aliphatic carbocycles. The first-order valence-electron chi connectivity index (χ1n) is 5.86. The molecule has 0 spiro atoms. The molecule has 0 saturated carbocycles. The van der Waals surface area contributed by atoms with Gasteiger partial charge in [-0.25, -0.2) is 0 Å². The van der Waals surface area contributed by atoms with Gasteiger partial charge in [-0.1, -0.05) is 27.2 Å². The topological polar surface area (TPSA) is 40.7 Å². The first kappa shape index (κ1) is 10.7. The highest BCUT2D eigenvalue weighted by molar-refractivity contribution is 5.27. The average molecular weight is 207 g/mol. The Morgan fingerprint density at radius 2 is 2.13 bits per heavy atom. The Hall–Kier alpha value is -0.830. The molecule has 0 radical (unpaired) electrons. The summed E-state index contributed by atoms with van der Waals surface area (Å²) in [6.45, 7) is 7.83. The van der Waals surface area contributed by atoms with Gasteiger partial charge in [0.05, 0.1) is 6.20 Å². The van der Waals surface area contributed by atoms with Gasteiger partial charge in [0, 0.05) is 22.7 Å². The SMILES string of the molecule is CC(C)(C)c1[nH]ncc1C1CCCCN1. The zero-order valence-electron chi connectivity index (χ0n) is 9.93. The van der Waals surface area contributed by atoms with Crippen LogP contribution < -0.4 is 5.32 Å². The van der Waals surface area contributed by atoms with E-state index < -0.39 is 0 Å².